The van der Waals surface area contributed by atoms with E-state index in [-0.39, 0.29) is 15.6 Å². The van der Waals surface area contributed by atoms with Crippen LogP contribution in [0.25, 0.3) is 10.9 Å². The lowest BCUT2D eigenvalue weighted by Crippen LogP contribution is -2.17. The largest absolute Gasteiger partial charge is 0.497 e. The van der Waals surface area contributed by atoms with E-state index < -0.39 is 0 Å². The van der Waals surface area contributed by atoms with Crippen LogP contribution in [0, 0.1) is 0 Å². The van der Waals surface area contributed by atoms with E-state index in [4.69, 9.17) is 27.9 Å². The number of hydrogen-bond donors (Lipinski definition) is 0. The van der Waals surface area contributed by atoms with Crippen LogP contribution in [-0.4, -0.2) is 11.7 Å². The monoisotopic (exact) mass is 257 g/mol. The first-order valence-corrected chi connectivity index (χ1v) is 5.33. The molecule has 0 bridgehead atoms. The Bertz CT molecular complexity index is 619. The Morgan fingerprint density at radius 1 is 1.25 bits per heavy atom. The van der Waals surface area contributed by atoms with Crippen molar-refractivity contribution in [2.45, 2.75) is 0 Å². The van der Waals surface area contributed by atoms with Crippen LogP contribution < -0.4 is 10.3 Å². The molecule has 16 heavy (non-hydrogen) atoms. The Balaban J connectivity index is 2.97. The lowest BCUT2D eigenvalue weighted by atomic mass is 10.2. The summed E-state index contributed by atoms with van der Waals surface area (Å²) in [5.74, 6) is 0.670. The highest BCUT2D eigenvalue weighted by molar-refractivity contribution is 6.45. The van der Waals surface area contributed by atoms with E-state index in [9.17, 15) is 4.79 Å². The lowest BCUT2D eigenvalue weighted by molar-refractivity contribution is 0.415. The maximum absolute atomic E-state index is 11.7. The normalized spacial score (nSPS) is 10.8. The second-order valence-corrected chi connectivity index (χ2v) is 4.13. The van der Waals surface area contributed by atoms with Crippen LogP contribution in [0.15, 0.2) is 23.0 Å². The summed E-state index contributed by atoms with van der Waals surface area (Å²) in [5.41, 5.74) is 0.421. The highest BCUT2D eigenvalue weighted by Crippen LogP contribution is 2.30. The number of halogens is 2. The van der Waals surface area contributed by atoms with Gasteiger partial charge >= 0.3 is 0 Å². The average molecular weight is 258 g/mol. The van der Waals surface area contributed by atoms with Crippen molar-refractivity contribution in [1.29, 1.82) is 0 Å². The van der Waals surface area contributed by atoms with Crippen LogP contribution in [0.1, 0.15) is 0 Å². The van der Waals surface area contributed by atoms with Gasteiger partial charge in [0, 0.05) is 12.4 Å². The summed E-state index contributed by atoms with van der Waals surface area (Å²) >= 11 is 11.9. The van der Waals surface area contributed by atoms with Gasteiger partial charge in [0.05, 0.1) is 17.6 Å². The molecule has 0 N–H and O–H groups in total. The van der Waals surface area contributed by atoms with Crippen molar-refractivity contribution < 1.29 is 4.74 Å². The van der Waals surface area contributed by atoms with Gasteiger partial charge in [-0.05, 0) is 18.2 Å². The minimum atomic E-state index is -0.302. The molecule has 1 aromatic heterocycles. The van der Waals surface area contributed by atoms with Crippen LogP contribution in [0.2, 0.25) is 10.0 Å². The molecule has 2 aromatic rings. The molecule has 0 radical (unpaired) electrons. The summed E-state index contributed by atoms with van der Waals surface area (Å²) in [6.45, 7) is 0. The molecule has 3 nitrogen and oxygen atoms in total. The lowest BCUT2D eigenvalue weighted by Gasteiger charge is -2.09. The Kier molecular flexibility index (Phi) is 2.82. The molecule has 0 atom stereocenters. The van der Waals surface area contributed by atoms with Crippen LogP contribution >= 0.6 is 23.2 Å². The second kappa shape index (κ2) is 4.00. The number of nitrogens with zero attached hydrogens (tertiary/aromatic N) is 1. The van der Waals surface area contributed by atoms with E-state index >= 15 is 0 Å². The van der Waals surface area contributed by atoms with Gasteiger partial charge in [-0.25, -0.2) is 0 Å². The zero-order valence-electron chi connectivity index (χ0n) is 8.75. The molecule has 0 aliphatic carbocycles. The first-order valence-electron chi connectivity index (χ1n) is 4.58. The van der Waals surface area contributed by atoms with Crippen molar-refractivity contribution in [1.82, 2.24) is 4.57 Å². The quantitative estimate of drug-likeness (QED) is 0.787. The number of hydrogen-bond acceptors (Lipinski definition) is 2. The predicted molar refractivity (Wildman–Crippen MR) is 65.8 cm³/mol. The van der Waals surface area contributed by atoms with Gasteiger partial charge in [0.25, 0.3) is 5.56 Å². The topological polar surface area (TPSA) is 31.2 Å². The van der Waals surface area contributed by atoms with Crippen molar-refractivity contribution in [2.24, 2.45) is 7.05 Å². The fraction of sp³-hybridized carbons (Fsp3) is 0.182. The van der Waals surface area contributed by atoms with E-state index in [1.807, 2.05) is 0 Å². The maximum Gasteiger partial charge on any atom is 0.271 e. The smallest absolute Gasteiger partial charge is 0.271 e. The molecule has 84 valence electrons. The van der Waals surface area contributed by atoms with E-state index in [0.29, 0.717) is 11.1 Å². The third-order valence-electron chi connectivity index (χ3n) is 2.49. The van der Waals surface area contributed by atoms with E-state index in [1.54, 1.807) is 32.4 Å². The summed E-state index contributed by atoms with van der Waals surface area (Å²) in [6.07, 6.45) is 0. The van der Waals surface area contributed by atoms with Gasteiger partial charge in [0.1, 0.15) is 10.8 Å². The molecule has 2 rings (SSSR count). The molecule has 0 aliphatic heterocycles. The first-order chi connectivity index (χ1) is 7.56. The van der Waals surface area contributed by atoms with Crippen LogP contribution in [0.3, 0.4) is 0 Å². The van der Waals surface area contributed by atoms with E-state index in [2.05, 4.69) is 0 Å². The summed E-state index contributed by atoms with van der Waals surface area (Å²) in [5, 5.41) is 0.997. The standard InChI is InChI=1S/C11H9Cl2NO2/c1-14-8-4-3-6(16-2)5-7(8)9(12)10(13)11(14)15/h3-5H,1-2H3. The summed E-state index contributed by atoms with van der Waals surface area (Å²) in [7, 11) is 3.22. The number of benzene rings is 1. The summed E-state index contributed by atoms with van der Waals surface area (Å²) in [6, 6.07) is 5.30. The van der Waals surface area contributed by atoms with Crippen molar-refractivity contribution >= 4 is 34.1 Å². The highest BCUT2D eigenvalue weighted by atomic mass is 35.5. The summed E-state index contributed by atoms with van der Waals surface area (Å²) < 4.78 is 6.56. The number of rotatable bonds is 1. The fourth-order valence-electron chi connectivity index (χ4n) is 1.58. The van der Waals surface area contributed by atoms with Crippen LogP contribution in [-0.2, 0) is 7.05 Å². The molecule has 0 fully saturated rings. The zero-order valence-corrected chi connectivity index (χ0v) is 10.3. The van der Waals surface area contributed by atoms with Gasteiger partial charge in [-0.1, -0.05) is 23.2 Å². The third kappa shape index (κ3) is 1.56. The van der Waals surface area contributed by atoms with E-state index in [0.717, 1.165) is 5.52 Å². The Morgan fingerprint density at radius 2 is 1.94 bits per heavy atom. The van der Waals surface area contributed by atoms with Crippen LogP contribution in [0.4, 0.5) is 0 Å². The second-order valence-electron chi connectivity index (χ2n) is 3.38. The molecular weight excluding hydrogens is 249 g/mol. The first kappa shape index (κ1) is 11.3. The minimum absolute atomic E-state index is 0.0323. The molecule has 1 heterocycles. The van der Waals surface area contributed by atoms with Gasteiger partial charge in [-0.2, -0.15) is 0 Å². The molecular formula is C11H9Cl2NO2. The summed E-state index contributed by atoms with van der Waals surface area (Å²) in [4.78, 5) is 11.7. The number of methoxy groups -OCH3 is 1. The number of ether oxygens (including phenoxy) is 1. The van der Waals surface area contributed by atoms with Gasteiger partial charge < -0.3 is 9.30 Å². The molecule has 0 saturated carbocycles. The molecule has 1 aromatic carbocycles. The number of pyridine rings is 1. The molecule has 5 heteroatoms. The minimum Gasteiger partial charge on any atom is -0.497 e. The Morgan fingerprint density at radius 3 is 2.56 bits per heavy atom. The number of aryl methyl sites for hydroxylation is 1. The van der Waals surface area contributed by atoms with Gasteiger partial charge in [0.2, 0.25) is 0 Å². The Labute approximate surface area is 102 Å². The predicted octanol–water partition coefficient (Wildman–Crippen LogP) is 2.85. The molecule has 0 amide bonds. The van der Waals surface area contributed by atoms with Gasteiger partial charge in [0.15, 0.2) is 0 Å². The van der Waals surface area contributed by atoms with Crippen LogP contribution in [0.5, 0.6) is 5.75 Å². The van der Waals surface area contributed by atoms with Crippen molar-refractivity contribution in [3.8, 4) is 5.75 Å². The Hall–Kier alpha value is -1.19. The molecule has 0 unspecified atom stereocenters. The molecule has 0 aliphatic rings. The van der Waals surface area contributed by atoms with Gasteiger partial charge in [-0.3, -0.25) is 4.79 Å². The highest BCUT2D eigenvalue weighted by Gasteiger charge is 2.12. The number of aromatic nitrogens is 1. The number of fused-ring (bicyclic) bond motifs is 1. The van der Waals surface area contributed by atoms with Crippen molar-refractivity contribution in [2.75, 3.05) is 7.11 Å². The third-order valence-corrected chi connectivity index (χ3v) is 3.33. The molecule has 0 saturated heterocycles. The molecule has 0 spiro atoms. The fourth-order valence-corrected chi connectivity index (χ4v) is 2.04. The van der Waals surface area contributed by atoms with Gasteiger partial charge in [-0.15, -0.1) is 0 Å². The van der Waals surface area contributed by atoms with E-state index in [1.165, 1.54) is 4.57 Å². The van der Waals surface area contributed by atoms with Crippen molar-refractivity contribution in [3.05, 3.63) is 38.6 Å². The SMILES string of the molecule is COc1ccc2c(c1)c(Cl)c(Cl)c(=O)n2C. The maximum atomic E-state index is 11.7. The zero-order chi connectivity index (χ0) is 11.9. The average Bonchev–Trinajstić information content (AvgIpc) is 2.33. The van der Waals surface area contributed by atoms with Crippen molar-refractivity contribution in [3.63, 3.8) is 0 Å².